The van der Waals surface area contributed by atoms with Crippen LogP contribution in [0.1, 0.15) is 17.3 Å². The third-order valence-corrected chi connectivity index (χ3v) is 5.13. The number of alkyl halides is 3. The zero-order chi connectivity index (χ0) is 26.0. The molecule has 0 aromatic heterocycles. The van der Waals surface area contributed by atoms with E-state index in [2.05, 4.69) is 20.1 Å². The number of hydrazone groups is 1. The average molecular weight is 498 g/mol. The molecule has 4 rings (SSSR count). The normalized spacial score (nSPS) is 15.9. The molecular formula is C24H17F3N4O5. The van der Waals surface area contributed by atoms with Crippen LogP contribution in [-0.4, -0.2) is 40.2 Å². The zero-order valence-corrected chi connectivity index (χ0v) is 18.5. The van der Waals surface area contributed by atoms with Crippen LogP contribution in [0.4, 0.5) is 24.5 Å². The lowest BCUT2D eigenvalue weighted by Gasteiger charge is -2.14. The summed E-state index contributed by atoms with van der Waals surface area (Å²) >= 11 is 0. The van der Waals surface area contributed by atoms with E-state index in [4.69, 9.17) is 0 Å². The van der Waals surface area contributed by atoms with Crippen molar-refractivity contribution < 1.29 is 37.7 Å². The van der Waals surface area contributed by atoms with Crippen molar-refractivity contribution in [2.45, 2.75) is 19.3 Å². The monoisotopic (exact) mass is 498 g/mol. The number of carbonyl (C=O) groups is 2. The molecule has 184 valence electrons. The number of nitrogens with zero attached hydrogens (tertiary/aromatic N) is 4. The Labute approximate surface area is 201 Å². The van der Waals surface area contributed by atoms with Gasteiger partial charge in [0.15, 0.2) is 11.8 Å². The number of aromatic carboxylic acids is 1. The molecule has 3 aromatic carbocycles. The number of azo groups is 1. The van der Waals surface area contributed by atoms with Gasteiger partial charge in [0, 0.05) is 5.56 Å². The predicted molar refractivity (Wildman–Crippen MR) is 123 cm³/mol. The smallest absolute Gasteiger partial charge is 0.505 e. The third kappa shape index (κ3) is 5.17. The number of amides is 1. The van der Waals surface area contributed by atoms with Crippen molar-refractivity contribution in [3.8, 4) is 22.6 Å². The Bertz CT molecular complexity index is 1390. The maximum absolute atomic E-state index is 12.9. The first-order chi connectivity index (χ1) is 17.0. The highest BCUT2D eigenvalue weighted by atomic mass is 19.4. The van der Waals surface area contributed by atoms with Crippen molar-refractivity contribution in [1.82, 2.24) is 0 Å². The van der Waals surface area contributed by atoms with Crippen LogP contribution in [0, 0.1) is 0 Å². The number of phenols is 1. The molecule has 12 heteroatoms. The second kappa shape index (κ2) is 9.49. The van der Waals surface area contributed by atoms with Crippen LogP contribution in [0.5, 0.6) is 11.5 Å². The fraction of sp³-hybridized carbons (Fsp3) is 0.125. The van der Waals surface area contributed by atoms with Gasteiger partial charge >= 0.3 is 12.3 Å². The van der Waals surface area contributed by atoms with Gasteiger partial charge in [0.25, 0.3) is 5.91 Å². The number of hydrogen-bond donors (Lipinski definition) is 2. The van der Waals surface area contributed by atoms with E-state index in [0.29, 0.717) is 11.1 Å². The number of rotatable bonds is 6. The van der Waals surface area contributed by atoms with E-state index >= 15 is 0 Å². The highest BCUT2D eigenvalue weighted by Crippen LogP contribution is 2.38. The lowest BCUT2D eigenvalue weighted by atomic mass is 10.0. The van der Waals surface area contributed by atoms with Crippen LogP contribution in [0.25, 0.3) is 11.1 Å². The summed E-state index contributed by atoms with van der Waals surface area (Å²) in [5.41, 5.74) is 1.34. The molecule has 1 atom stereocenters. The molecule has 1 aliphatic rings. The van der Waals surface area contributed by atoms with Crippen LogP contribution in [0.3, 0.4) is 0 Å². The van der Waals surface area contributed by atoms with Crippen LogP contribution in [0.15, 0.2) is 82.1 Å². The summed E-state index contributed by atoms with van der Waals surface area (Å²) in [6, 6.07) is 14.1. The average Bonchev–Trinajstić information content (AvgIpc) is 3.11. The van der Waals surface area contributed by atoms with E-state index in [-0.39, 0.29) is 28.4 Å². The number of aromatic hydroxyl groups is 1. The molecule has 1 heterocycles. The van der Waals surface area contributed by atoms with Gasteiger partial charge in [-0.25, -0.2) is 4.79 Å². The molecule has 36 heavy (non-hydrogen) atoms. The molecule has 0 saturated carbocycles. The highest BCUT2D eigenvalue weighted by molar-refractivity contribution is 6.18. The number of hydrogen-bond acceptors (Lipinski definition) is 7. The molecule has 0 spiro atoms. The summed E-state index contributed by atoms with van der Waals surface area (Å²) in [4.78, 5) is 24.1. The minimum Gasteiger partial charge on any atom is -0.505 e. The second-order valence-corrected chi connectivity index (χ2v) is 7.61. The molecule has 2 N–H and O–H groups in total. The largest absolute Gasteiger partial charge is 0.573 e. The van der Waals surface area contributed by atoms with Crippen molar-refractivity contribution in [2.24, 2.45) is 15.3 Å². The van der Waals surface area contributed by atoms with E-state index in [0.717, 1.165) is 17.1 Å². The van der Waals surface area contributed by atoms with Gasteiger partial charge in [0.05, 0.1) is 17.0 Å². The maximum Gasteiger partial charge on any atom is 0.573 e. The van der Waals surface area contributed by atoms with Gasteiger partial charge in [0.2, 0.25) is 0 Å². The van der Waals surface area contributed by atoms with Crippen LogP contribution in [0.2, 0.25) is 0 Å². The molecule has 1 amide bonds. The van der Waals surface area contributed by atoms with Gasteiger partial charge in [-0.05, 0) is 55.0 Å². The number of anilines is 1. The van der Waals surface area contributed by atoms with Gasteiger partial charge in [-0.3, -0.25) is 4.79 Å². The Morgan fingerprint density at radius 2 is 1.78 bits per heavy atom. The Morgan fingerprint density at radius 3 is 2.44 bits per heavy atom. The molecule has 1 aliphatic heterocycles. The van der Waals surface area contributed by atoms with Gasteiger partial charge in [0.1, 0.15) is 11.4 Å². The molecule has 0 radical (unpaired) electrons. The summed E-state index contributed by atoms with van der Waals surface area (Å²) < 4.78 is 40.9. The van der Waals surface area contributed by atoms with E-state index in [1.165, 1.54) is 37.3 Å². The number of ether oxygens (including phenoxy) is 1. The maximum atomic E-state index is 12.9. The van der Waals surface area contributed by atoms with Crippen LogP contribution < -0.4 is 9.75 Å². The molecule has 0 saturated heterocycles. The zero-order valence-electron chi connectivity index (χ0n) is 18.5. The quantitative estimate of drug-likeness (QED) is 0.433. The standard InChI is InChI=1S/C24H17F3N4O5/c1-13-20(22(33)31(30-13)16-8-10-17(11-9-16)36-24(25,26)27)29-28-19-7-3-6-18(21(19)32)14-4-2-5-15(12-14)23(34)35/h2-12,20,32H,1H3,(H,34,35). The Morgan fingerprint density at radius 1 is 1.08 bits per heavy atom. The van der Waals surface area contributed by atoms with E-state index < -0.39 is 30.0 Å². The topological polar surface area (TPSA) is 124 Å². The lowest BCUT2D eigenvalue weighted by molar-refractivity contribution is -0.274. The Kier molecular flexibility index (Phi) is 6.43. The molecule has 3 aromatic rings. The number of para-hydroxylation sites is 1. The summed E-state index contributed by atoms with van der Waals surface area (Å²) in [7, 11) is 0. The van der Waals surface area contributed by atoms with Gasteiger partial charge in [-0.2, -0.15) is 20.3 Å². The van der Waals surface area contributed by atoms with Crippen molar-refractivity contribution >= 4 is 29.0 Å². The predicted octanol–water partition coefficient (Wildman–Crippen LogP) is 5.53. The SMILES string of the molecule is CC1=NN(c2ccc(OC(F)(F)F)cc2)C(=O)C1N=Nc1cccc(-c2cccc(C(=O)O)c2)c1O. The highest BCUT2D eigenvalue weighted by Gasteiger charge is 2.35. The number of carbonyl (C=O) groups excluding carboxylic acids is 1. The fourth-order valence-electron chi connectivity index (χ4n) is 3.45. The summed E-state index contributed by atoms with van der Waals surface area (Å²) in [6.07, 6.45) is -4.84. The van der Waals surface area contributed by atoms with Crippen LogP contribution >= 0.6 is 0 Å². The first-order valence-electron chi connectivity index (χ1n) is 10.3. The minimum atomic E-state index is -4.84. The number of carboxylic acid groups (broad SMARTS) is 1. The fourth-order valence-corrected chi connectivity index (χ4v) is 3.45. The first kappa shape index (κ1) is 24.4. The molecule has 0 bridgehead atoms. The summed E-state index contributed by atoms with van der Waals surface area (Å²) in [6.45, 7) is 1.54. The van der Waals surface area contributed by atoms with Gasteiger partial charge in [-0.1, -0.05) is 24.3 Å². The van der Waals surface area contributed by atoms with Crippen molar-refractivity contribution in [1.29, 1.82) is 0 Å². The van der Waals surface area contributed by atoms with E-state index in [1.54, 1.807) is 24.3 Å². The van der Waals surface area contributed by atoms with Gasteiger partial charge in [-0.15, -0.1) is 13.2 Å². The van der Waals surface area contributed by atoms with Crippen molar-refractivity contribution in [3.63, 3.8) is 0 Å². The number of carboxylic acids is 1. The Balaban J connectivity index is 1.54. The van der Waals surface area contributed by atoms with Crippen molar-refractivity contribution in [2.75, 3.05) is 5.01 Å². The Hall–Kier alpha value is -4.74. The number of phenolic OH excluding ortho intramolecular Hbond substituents is 1. The second-order valence-electron chi connectivity index (χ2n) is 7.61. The van der Waals surface area contributed by atoms with E-state index in [1.807, 2.05) is 0 Å². The van der Waals surface area contributed by atoms with Crippen LogP contribution in [-0.2, 0) is 4.79 Å². The number of halogens is 3. The van der Waals surface area contributed by atoms with Gasteiger partial charge < -0.3 is 14.9 Å². The number of benzene rings is 3. The molecule has 0 fully saturated rings. The first-order valence-corrected chi connectivity index (χ1v) is 10.3. The molecule has 9 nitrogen and oxygen atoms in total. The minimum absolute atomic E-state index is 0.0420. The van der Waals surface area contributed by atoms with Crippen molar-refractivity contribution in [3.05, 3.63) is 72.3 Å². The molecular weight excluding hydrogens is 481 g/mol. The molecule has 1 unspecified atom stereocenters. The lowest BCUT2D eigenvalue weighted by Crippen LogP contribution is -2.29. The molecule has 0 aliphatic carbocycles. The summed E-state index contributed by atoms with van der Waals surface area (Å²) in [5.74, 6) is -2.42. The van der Waals surface area contributed by atoms with E-state index in [9.17, 15) is 33.0 Å². The summed E-state index contributed by atoms with van der Waals surface area (Å²) in [5, 5.41) is 33.0. The third-order valence-electron chi connectivity index (χ3n) is 5.13.